The molecule has 0 radical (unpaired) electrons. The lowest BCUT2D eigenvalue weighted by atomic mass is 10.0. The second kappa shape index (κ2) is 5.50. The molecule has 4 heteroatoms. The van der Waals surface area contributed by atoms with Crippen molar-refractivity contribution in [2.75, 3.05) is 0 Å². The van der Waals surface area contributed by atoms with Gasteiger partial charge in [-0.15, -0.1) is 0 Å². The van der Waals surface area contributed by atoms with Crippen LogP contribution in [0.3, 0.4) is 0 Å². The number of ketones is 1. The quantitative estimate of drug-likeness (QED) is 0.770. The number of hydrogen-bond donors (Lipinski definition) is 0. The number of hydrogen-bond acceptors (Lipinski definition) is 2. The zero-order valence-corrected chi connectivity index (χ0v) is 10.8. The van der Waals surface area contributed by atoms with E-state index in [2.05, 4.69) is 11.2 Å². The zero-order valence-electron chi connectivity index (χ0n) is 10.1. The molecule has 1 heterocycles. The molecule has 0 aromatic carbocycles. The van der Waals surface area contributed by atoms with E-state index in [0.717, 1.165) is 24.8 Å². The number of allylic oxidation sites excluding steroid dienone is 2. The minimum atomic E-state index is 0.0521. The maximum atomic E-state index is 12.4. The maximum Gasteiger partial charge on any atom is 0.208 e. The summed E-state index contributed by atoms with van der Waals surface area (Å²) >= 11 is 6.05. The predicted octanol–water partition coefficient (Wildman–Crippen LogP) is 3.63. The molecule has 1 aliphatic carbocycles. The van der Waals surface area contributed by atoms with Crippen molar-refractivity contribution < 1.29 is 4.79 Å². The highest BCUT2D eigenvalue weighted by Gasteiger charge is 2.20. The molecule has 3 nitrogen and oxygen atoms in total. The SMILES string of the molecule is CCn1ncc(Cl)c1C(=O)C1=CCCCCC1. The summed E-state index contributed by atoms with van der Waals surface area (Å²) in [6.45, 7) is 2.63. The molecule has 92 valence electrons. The Balaban J connectivity index is 2.29. The maximum absolute atomic E-state index is 12.4. The van der Waals surface area contributed by atoms with Gasteiger partial charge in [0.25, 0.3) is 0 Å². The van der Waals surface area contributed by atoms with E-state index in [0.29, 0.717) is 17.3 Å². The van der Waals surface area contributed by atoms with Gasteiger partial charge in [-0.3, -0.25) is 9.48 Å². The molecular weight excluding hydrogens is 236 g/mol. The summed E-state index contributed by atoms with van der Waals surface area (Å²) in [6.07, 6.45) is 8.96. The van der Waals surface area contributed by atoms with E-state index in [4.69, 9.17) is 11.6 Å². The van der Waals surface area contributed by atoms with Crippen LogP contribution in [0.25, 0.3) is 0 Å². The molecule has 0 N–H and O–H groups in total. The van der Waals surface area contributed by atoms with Crippen LogP contribution in [0.15, 0.2) is 17.8 Å². The van der Waals surface area contributed by atoms with E-state index in [1.807, 2.05) is 6.92 Å². The second-order valence-corrected chi connectivity index (χ2v) is 4.72. The van der Waals surface area contributed by atoms with E-state index in [1.54, 1.807) is 10.9 Å². The van der Waals surface area contributed by atoms with Crippen LogP contribution in [0.2, 0.25) is 5.02 Å². The lowest BCUT2D eigenvalue weighted by molar-refractivity contribution is 0.102. The molecule has 2 rings (SSSR count). The third-order valence-corrected chi connectivity index (χ3v) is 3.42. The highest BCUT2D eigenvalue weighted by atomic mass is 35.5. The third kappa shape index (κ3) is 2.60. The van der Waals surface area contributed by atoms with Crippen molar-refractivity contribution in [3.63, 3.8) is 0 Å². The molecule has 0 unspecified atom stereocenters. The summed E-state index contributed by atoms with van der Waals surface area (Å²) in [4.78, 5) is 12.4. The van der Waals surface area contributed by atoms with Crippen molar-refractivity contribution in [3.8, 4) is 0 Å². The smallest absolute Gasteiger partial charge is 0.208 e. The first kappa shape index (κ1) is 12.4. The van der Waals surface area contributed by atoms with Crippen LogP contribution < -0.4 is 0 Å². The largest absolute Gasteiger partial charge is 0.287 e. The van der Waals surface area contributed by atoms with Crippen LogP contribution in [0, 0.1) is 0 Å². The number of aryl methyl sites for hydroxylation is 1. The Morgan fingerprint density at radius 3 is 3.06 bits per heavy atom. The molecule has 1 aliphatic rings. The first-order valence-electron chi connectivity index (χ1n) is 6.19. The van der Waals surface area contributed by atoms with Gasteiger partial charge in [-0.25, -0.2) is 0 Å². The van der Waals surface area contributed by atoms with Gasteiger partial charge < -0.3 is 0 Å². The summed E-state index contributed by atoms with van der Waals surface area (Å²) < 4.78 is 1.68. The molecule has 17 heavy (non-hydrogen) atoms. The lowest BCUT2D eigenvalue weighted by Gasteiger charge is -2.07. The fourth-order valence-corrected chi connectivity index (χ4v) is 2.43. The Morgan fingerprint density at radius 1 is 1.47 bits per heavy atom. The number of halogens is 1. The van der Waals surface area contributed by atoms with Crippen LogP contribution in [-0.2, 0) is 6.54 Å². The van der Waals surface area contributed by atoms with E-state index in [-0.39, 0.29) is 5.78 Å². The van der Waals surface area contributed by atoms with Gasteiger partial charge in [0.2, 0.25) is 5.78 Å². The highest BCUT2D eigenvalue weighted by molar-refractivity contribution is 6.34. The van der Waals surface area contributed by atoms with Gasteiger partial charge in [-0.1, -0.05) is 24.1 Å². The van der Waals surface area contributed by atoms with Crippen LogP contribution >= 0.6 is 11.6 Å². The standard InChI is InChI=1S/C13H17ClN2O/c1-2-16-12(11(14)9-15-16)13(17)10-7-5-3-4-6-8-10/h7,9H,2-6,8H2,1H3. The van der Waals surface area contributed by atoms with Gasteiger partial charge in [-0.05, 0) is 38.2 Å². The molecule has 0 atom stereocenters. The van der Waals surface area contributed by atoms with Crippen molar-refractivity contribution in [2.45, 2.75) is 45.6 Å². The van der Waals surface area contributed by atoms with Crippen molar-refractivity contribution >= 4 is 17.4 Å². The highest BCUT2D eigenvalue weighted by Crippen LogP contribution is 2.24. The van der Waals surface area contributed by atoms with Crippen molar-refractivity contribution in [2.24, 2.45) is 0 Å². The van der Waals surface area contributed by atoms with E-state index >= 15 is 0 Å². The number of nitrogens with zero attached hydrogens (tertiary/aromatic N) is 2. The second-order valence-electron chi connectivity index (χ2n) is 4.31. The van der Waals surface area contributed by atoms with Gasteiger partial charge in [0.05, 0.1) is 11.2 Å². The third-order valence-electron chi connectivity index (χ3n) is 3.14. The predicted molar refractivity (Wildman–Crippen MR) is 68.4 cm³/mol. The van der Waals surface area contributed by atoms with E-state index < -0.39 is 0 Å². The van der Waals surface area contributed by atoms with Gasteiger partial charge >= 0.3 is 0 Å². The Hall–Kier alpha value is -1.09. The van der Waals surface area contributed by atoms with Crippen LogP contribution in [-0.4, -0.2) is 15.6 Å². The van der Waals surface area contributed by atoms with Crippen LogP contribution in [0.5, 0.6) is 0 Å². The van der Waals surface area contributed by atoms with Crippen LogP contribution in [0.1, 0.15) is 49.5 Å². The van der Waals surface area contributed by atoms with Crippen molar-refractivity contribution in [1.29, 1.82) is 0 Å². The Kier molecular flexibility index (Phi) is 4.00. The summed E-state index contributed by atoms with van der Waals surface area (Å²) in [5.74, 6) is 0.0521. The molecule has 1 aromatic heterocycles. The first-order chi connectivity index (χ1) is 8.24. The summed E-state index contributed by atoms with van der Waals surface area (Å²) in [7, 11) is 0. The van der Waals surface area contributed by atoms with Gasteiger partial charge in [-0.2, -0.15) is 5.10 Å². The van der Waals surface area contributed by atoms with E-state index in [9.17, 15) is 4.79 Å². The number of Topliss-reactive ketones (excluding diaryl/α,β-unsaturated/α-hetero) is 1. The first-order valence-corrected chi connectivity index (χ1v) is 6.57. The monoisotopic (exact) mass is 252 g/mol. The molecule has 0 bridgehead atoms. The molecule has 0 amide bonds. The molecule has 1 aromatic rings. The normalized spacial score (nSPS) is 16.5. The summed E-state index contributed by atoms with van der Waals surface area (Å²) in [6, 6.07) is 0. The lowest BCUT2D eigenvalue weighted by Crippen LogP contribution is -2.12. The van der Waals surface area contributed by atoms with E-state index in [1.165, 1.54) is 12.8 Å². The summed E-state index contributed by atoms with van der Waals surface area (Å²) in [5, 5.41) is 4.57. The molecule has 0 fully saturated rings. The molecule has 0 aliphatic heterocycles. The fourth-order valence-electron chi connectivity index (χ4n) is 2.20. The summed E-state index contributed by atoms with van der Waals surface area (Å²) in [5.41, 5.74) is 1.45. The van der Waals surface area contributed by atoms with Crippen molar-refractivity contribution in [1.82, 2.24) is 9.78 Å². The number of carbonyl (C=O) groups excluding carboxylic acids is 1. The minimum Gasteiger partial charge on any atom is -0.287 e. The molecular formula is C13H17ClN2O. The average molecular weight is 253 g/mol. The number of rotatable bonds is 3. The number of carbonyl (C=O) groups is 1. The minimum absolute atomic E-state index is 0.0521. The Bertz CT molecular complexity index is 448. The van der Waals surface area contributed by atoms with Gasteiger partial charge in [0, 0.05) is 6.54 Å². The van der Waals surface area contributed by atoms with Crippen LogP contribution in [0.4, 0.5) is 0 Å². The Labute approximate surface area is 106 Å². The Morgan fingerprint density at radius 2 is 2.29 bits per heavy atom. The molecule has 0 saturated heterocycles. The zero-order chi connectivity index (χ0) is 12.3. The topological polar surface area (TPSA) is 34.9 Å². The molecule has 0 spiro atoms. The average Bonchev–Trinajstić information content (AvgIpc) is 2.56. The number of aromatic nitrogens is 2. The van der Waals surface area contributed by atoms with Gasteiger partial charge in [0.1, 0.15) is 5.69 Å². The molecule has 0 saturated carbocycles. The van der Waals surface area contributed by atoms with Gasteiger partial charge in [0.15, 0.2) is 0 Å². The fraction of sp³-hybridized carbons (Fsp3) is 0.538. The van der Waals surface area contributed by atoms with Crippen molar-refractivity contribution in [3.05, 3.63) is 28.6 Å².